The van der Waals surface area contributed by atoms with Crippen LogP contribution in [0.15, 0.2) is 43.2 Å². The molecule has 0 amide bonds. The molecule has 1 rings (SSSR count). The summed E-state index contributed by atoms with van der Waals surface area (Å²) >= 11 is 0. The third-order valence-corrected chi connectivity index (χ3v) is 2.60. The van der Waals surface area contributed by atoms with Gasteiger partial charge in [0.15, 0.2) is 0 Å². The number of ether oxygens (including phenoxy) is 1. The minimum Gasteiger partial charge on any atom is -0.481 e. The van der Waals surface area contributed by atoms with Crippen molar-refractivity contribution in [3.63, 3.8) is 0 Å². The van der Waals surface area contributed by atoms with Crippen molar-refractivity contribution in [1.82, 2.24) is 0 Å². The molecule has 1 unspecified atom stereocenters. The smallest absolute Gasteiger partial charge is 0.315 e. The van der Waals surface area contributed by atoms with E-state index < -0.39 is 5.97 Å². The zero-order chi connectivity index (χ0) is 16.3. The number of nitrogens with zero attached hydrogens (tertiary/aromatic N) is 1. The van der Waals surface area contributed by atoms with Crippen LogP contribution in [0.5, 0.6) is 0 Å². The highest BCUT2D eigenvalue weighted by Gasteiger charge is 2.17. The lowest BCUT2D eigenvalue weighted by molar-refractivity contribution is -0.141. The second kappa shape index (κ2) is 10.5. The normalized spacial score (nSPS) is 10.6. The molecule has 1 aromatic carbocycles. The van der Waals surface area contributed by atoms with Crippen LogP contribution in [0.3, 0.4) is 0 Å². The molecule has 5 nitrogen and oxygen atoms in total. The van der Waals surface area contributed by atoms with E-state index in [-0.39, 0.29) is 11.9 Å². The first-order chi connectivity index (χ1) is 9.92. The highest BCUT2D eigenvalue weighted by Crippen LogP contribution is 2.15. The third-order valence-electron chi connectivity index (χ3n) is 2.60. The Balaban J connectivity index is 0.000000885. The molecule has 5 heteroatoms. The van der Waals surface area contributed by atoms with E-state index in [1.165, 1.54) is 6.26 Å². The summed E-state index contributed by atoms with van der Waals surface area (Å²) < 4.78 is 4.78. The van der Waals surface area contributed by atoms with Crippen molar-refractivity contribution in [2.45, 2.75) is 20.8 Å². The number of carbonyl (C=O) groups excluding carboxylic acids is 1. The summed E-state index contributed by atoms with van der Waals surface area (Å²) in [4.78, 5) is 22.7. The summed E-state index contributed by atoms with van der Waals surface area (Å²) in [7, 11) is 0. The average Bonchev–Trinajstić information content (AvgIpc) is 2.45. The zero-order valence-electron chi connectivity index (χ0n) is 12.8. The molecule has 0 heterocycles. The topological polar surface area (TPSA) is 66.8 Å². The maximum atomic E-state index is 11.5. The van der Waals surface area contributed by atoms with Crippen LogP contribution in [0.2, 0.25) is 0 Å². The Labute approximate surface area is 125 Å². The number of carbonyl (C=O) groups is 2. The molecule has 21 heavy (non-hydrogen) atoms. The van der Waals surface area contributed by atoms with E-state index in [9.17, 15) is 4.79 Å². The lowest BCUT2D eigenvalue weighted by Crippen LogP contribution is -2.32. The first-order valence-electron chi connectivity index (χ1n) is 6.73. The van der Waals surface area contributed by atoms with Gasteiger partial charge >= 0.3 is 5.97 Å². The number of para-hydroxylation sites is 1. The van der Waals surface area contributed by atoms with Gasteiger partial charge in [-0.2, -0.15) is 0 Å². The van der Waals surface area contributed by atoms with E-state index in [0.29, 0.717) is 6.54 Å². The van der Waals surface area contributed by atoms with Crippen LogP contribution in [0.1, 0.15) is 20.8 Å². The lowest BCUT2D eigenvalue weighted by Gasteiger charge is -2.25. The van der Waals surface area contributed by atoms with Crippen molar-refractivity contribution in [3.05, 3.63) is 43.2 Å². The van der Waals surface area contributed by atoms with Gasteiger partial charge in [0.05, 0.1) is 12.2 Å². The standard InChI is InChI=1S/C14H19NO2.C2H4O2/c1-4-15(13-9-7-6-8-10-13)11-12(3)14(16)17-5-2;1-2(3)4/h5-10,12H,2,4,11H2,1,3H3;1H3,(H,3,4). The van der Waals surface area contributed by atoms with Gasteiger partial charge in [-0.3, -0.25) is 9.59 Å². The van der Waals surface area contributed by atoms with E-state index in [2.05, 4.69) is 18.4 Å². The molecule has 0 spiro atoms. The predicted octanol–water partition coefficient (Wildman–Crippen LogP) is 2.93. The largest absolute Gasteiger partial charge is 0.481 e. The molecule has 1 N–H and O–H groups in total. The van der Waals surface area contributed by atoms with Crippen LogP contribution in [0.25, 0.3) is 0 Å². The van der Waals surface area contributed by atoms with Crippen molar-refractivity contribution in [2.24, 2.45) is 5.92 Å². The summed E-state index contributed by atoms with van der Waals surface area (Å²) in [6.07, 6.45) is 1.18. The van der Waals surface area contributed by atoms with Gasteiger partial charge in [0.1, 0.15) is 0 Å². The van der Waals surface area contributed by atoms with Crippen LogP contribution in [-0.2, 0) is 14.3 Å². The first kappa shape index (κ1) is 18.7. The maximum absolute atomic E-state index is 11.5. The van der Waals surface area contributed by atoms with Crippen molar-refractivity contribution in [2.75, 3.05) is 18.0 Å². The average molecular weight is 293 g/mol. The molecule has 0 aliphatic heterocycles. The SMILES string of the molecule is C=COC(=O)C(C)CN(CC)c1ccccc1.CC(=O)O. The minimum atomic E-state index is -0.833. The number of hydrogen-bond donors (Lipinski definition) is 1. The Morgan fingerprint density at radius 3 is 2.33 bits per heavy atom. The molecule has 0 bridgehead atoms. The fraction of sp³-hybridized carbons (Fsp3) is 0.375. The number of aliphatic carboxylic acids is 1. The van der Waals surface area contributed by atoms with Gasteiger partial charge in [-0.25, -0.2) is 0 Å². The number of carboxylic acid groups (broad SMARTS) is 1. The van der Waals surface area contributed by atoms with Crippen LogP contribution in [-0.4, -0.2) is 30.1 Å². The Bertz CT molecular complexity index is 441. The zero-order valence-corrected chi connectivity index (χ0v) is 12.8. The molecule has 0 aromatic heterocycles. The van der Waals surface area contributed by atoms with Crippen LogP contribution < -0.4 is 4.90 Å². The first-order valence-corrected chi connectivity index (χ1v) is 6.73. The van der Waals surface area contributed by atoms with E-state index in [1.54, 1.807) is 0 Å². The summed E-state index contributed by atoms with van der Waals surface area (Å²) in [5, 5.41) is 7.42. The molecular weight excluding hydrogens is 270 g/mol. The minimum absolute atomic E-state index is 0.173. The van der Waals surface area contributed by atoms with Crippen LogP contribution in [0.4, 0.5) is 5.69 Å². The molecule has 0 fully saturated rings. The number of anilines is 1. The van der Waals surface area contributed by atoms with E-state index >= 15 is 0 Å². The fourth-order valence-corrected chi connectivity index (χ4v) is 1.66. The summed E-state index contributed by atoms with van der Waals surface area (Å²) in [5.41, 5.74) is 1.12. The summed E-state index contributed by atoms with van der Waals surface area (Å²) in [6, 6.07) is 10.0. The quantitative estimate of drug-likeness (QED) is 0.645. The fourth-order valence-electron chi connectivity index (χ4n) is 1.66. The molecular formula is C16H23NO4. The van der Waals surface area contributed by atoms with Gasteiger partial charge in [-0.15, -0.1) is 0 Å². The molecule has 0 saturated heterocycles. The van der Waals surface area contributed by atoms with E-state index in [0.717, 1.165) is 19.2 Å². The van der Waals surface area contributed by atoms with Crippen molar-refractivity contribution in [3.8, 4) is 0 Å². The Morgan fingerprint density at radius 1 is 1.38 bits per heavy atom. The monoisotopic (exact) mass is 293 g/mol. The van der Waals surface area contributed by atoms with Crippen molar-refractivity contribution in [1.29, 1.82) is 0 Å². The number of carboxylic acids is 1. The highest BCUT2D eigenvalue weighted by atomic mass is 16.5. The van der Waals surface area contributed by atoms with Gasteiger partial charge in [0.25, 0.3) is 5.97 Å². The Morgan fingerprint density at radius 2 is 1.90 bits per heavy atom. The highest BCUT2D eigenvalue weighted by molar-refractivity contribution is 5.73. The number of benzene rings is 1. The predicted molar refractivity (Wildman–Crippen MR) is 83.1 cm³/mol. The van der Waals surface area contributed by atoms with Gasteiger partial charge in [-0.1, -0.05) is 31.7 Å². The molecule has 116 valence electrons. The molecule has 1 aromatic rings. The second-order valence-corrected chi connectivity index (χ2v) is 4.40. The van der Waals surface area contributed by atoms with Crippen molar-refractivity contribution >= 4 is 17.6 Å². The molecule has 1 atom stereocenters. The molecule has 0 aliphatic carbocycles. The van der Waals surface area contributed by atoms with Gasteiger partial charge in [0.2, 0.25) is 0 Å². The Hall–Kier alpha value is -2.30. The maximum Gasteiger partial charge on any atom is 0.315 e. The van der Waals surface area contributed by atoms with E-state index in [1.807, 2.05) is 37.3 Å². The lowest BCUT2D eigenvalue weighted by atomic mass is 10.1. The molecule has 0 aliphatic rings. The molecule has 0 radical (unpaired) electrons. The van der Waals surface area contributed by atoms with Crippen LogP contribution in [0, 0.1) is 5.92 Å². The van der Waals surface area contributed by atoms with Crippen molar-refractivity contribution < 1.29 is 19.4 Å². The summed E-state index contributed by atoms with van der Waals surface area (Å²) in [5.74, 6) is -1.25. The number of hydrogen-bond acceptors (Lipinski definition) is 4. The van der Waals surface area contributed by atoms with Gasteiger partial charge in [0, 0.05) is 25.7 Å². The van der Waals surface area contributed by atoms with Gasteiger partial charge < -0.3 is 14.7 Å². The van der Waals surface area contributed by atoms with Crippen LogP contribution >= 0.6 is 0 Å². The second-order valence-electron chi connectivity index (χ2n) is 4.40. The van der Waals surface area contributed by atoms with Gasteiger partial charge in [-0.05, 0) is 19.1 Å². The Kier molecular flexibility index (Phi) is 9.33. The third kappa shape index (κ3) is 8.47. The van der Waals surface area contributed by atoms with E-state index in [4.69, 9.17) is 14.6 Å². The molecule has 0 saturated carbocycles. The number of rotatable bonds is 6. The number of esters is 1. The summed E-state index contributed by atoms with van der Waals surface area (Å²) in [6.45, 7) is 9.90.